The zero-order valence-electron chi connectivity index (χ0n) is 18.9. The Morgan fingerprint density at radius 3 is 2.18 bits per heavy atom. The van der Waals surface area contributed by atoms with Gasteiger partial charge in [-0.25, -0.2) is 8.42 Å². The maximum absolute atomic E-state index is 13.4. The second-order valence-electron chi connectivity index (χ2n) is 8.73. The number of halogens is 2. The summed E-state index contributed by atoms with van der Waals surface area (Å²) < 4.78 is 28.4. The normalized spacial score (nSPS) is 22.3. The van der Waals surface area contributed by atoms with E-state index in [1.165, 1.54) is 5.56 Å². The van der Waals surface area contributed by atoms with Crippen molar-refractivity contribution in [2.45, 2.75) is 23.6 Å². The van der Waals surface area contributed by atoms with E-state index in [2.05, 4.69) is 21.9 Å². The van der Waals surface area contributed by atoms with Crippen molar-refractivity contribution in [2.75, 3.05) is 39.3 Å². The molecule has 2 saturated heterocycles. The maximum atomic E-state index is 13.4. The second-order valence-corrected chi connectivity index (χ2v) is 10.6. The number of aliphatic hydroxyl groups is 1. The first-order valence-corrected chi connectivity index (χ1v) is 12.6. The quantitative estimate of drug-likeness (QED) is 0.556. The molecule has 2 unspecified atom stereocenters. The van der Waals surface area contributed by atoms with Gasteiger partial charge < -0.3 is 5.11 Å². The van der Waals surface area contributed by atoms with Gasteiger partial charge in [-0.15, -0.1) is 24.8 Å². The van der Waals surface area contributed by atoms with Crippen LogP contribution < -0.4 is 0 Å². The Bertz CT molecular complexity index is 1180. The number of hydrogen-bond donors (Lipinski definition) is 1. The molecule has 0 aliphatic carbocycles. The number of likely N-dealkylation sites (tertiary alicyclic amines) is 1. The average Bonchev–Trinajstić information content (AvgIpc) is 3.19. The van der Waals surface area contributed by atoms with Gasteiger partial charge in [0.15, 0.2) is 0 Å². The lowest BCUT2D eigenvalue weighted by molar-refractivity contribution is 0.0618. The van der Waals surface area contributed by atoms with Gasteiger partial charge in [-0.3, -0.25) is 9.80 Å². The number of rotatable bonds is 5. The lowest BCUT2D eigenvalue weighted by atomic mass is 10.1. The van der Waals surface area contributed by atoms with Gasteiger partial charge in [0.05, 0.1) is 11.0 Å². The van der Waals surface area contributed by atoms with Crippen LogP contribution in [0.4, 0.5) is 0 Å². The minimum atomic E-state index is -3.57. The summed E-state index contributed by atoms with van der Waals surface area (Å²) in [7, 11) is -3.57. The largest absolute Gasteiger partial charge is 0.390 e. The van der Waals surface area contributed by atoms with Crippen molar-refractivity contribution in [1.82, 2.24) is 14.1 Å². The summed E-state index contributed by atoms with van der Waals surface area (Å²) >= 11 is 0. The van der Waals surface area contributed by atoms with Gasteiger partial charge in [-0.2, -0.15) is 4.31 Å². The van der Waals surface area contributed by atoms with E-state index in [0.717, 1.165) is 23.9 Å². The summed E-state index contributed by atoms with van der Waals surface area (Å²) in [4.78, 5) is 4.91. The standard InChI is InChI=1S/C25H29N3O3S.2ClH/c29-24-19-26(17-20-7-2-1-3-8-20)18-23(24)27-13-15-28(16-14-27)32(30,31)25-12-6-10-21-9-4-5-11-22(21)25;;/h1-12,23-24,29H,13-19H2;2*1H. The molecule has 184 valence electrons. The third kappa shape index (κ3) is 5.41. The molecule has 0 spiro atoms. The van der Waals surface area contributed by atoms with Crippen molar-refractivity contribution >= 4 is 45.6 Å². The number of aliphatic hydroxyl groups excluding tert-OH is 1. The van der Waals surface area contributed by atoms with E-state index in [0.29, 0.717) is 37.6 Å². The monoisotopic (exact) mass is 523 g/mol. The first-order chi connectivity index (χ1) is 15.5. The third-order valence-corrected chi connectivity index (χ3v) is 8.65. The Labute approximate surface area is 214 Å². The van der Waals surface area contributed by atoms with Crippen LogP contribution in [0.2, 0.25) is 0 Å². The van der Waals surface area contributed by atoms with Crippen LogP contribution in [0.3, 0.4) is 0 Å². The second kappa shape index (κ2) is 11.4. The fraction of sp³-hybridized carbons (Fsp3) is 0.360. The highest BCUT2D eigenvalue weighted by Crippen LogP contribution is 2.27. The Hall–Kier alpha value is -1.71. The van der Waals surface area contributed by atoms with Crippen LogP contribution in [0.5, 0.6) is 0 Å². The van der Waals surface area contributed by atoms with Crippen molar-refractivity contribution in [3.8, 4) is 0 Å². The molecule has 2 heterocycles. The Morgan fingerprint density at radius 1 is 0.794 bits per heavy atom. The molecular formula is C25H31Cl2N3O3S. The molecule has 2 aliphatic heterocycles. The molecule has 2 fully saturated rings. The van der Waals surface area contributed by atoms with Crippen molar-refractivity contribution in [1.29, 1.82) is 0 Å². The van der Waals surface area contributed by atoms with Gasteiger partial charge in [-0.05, 0) is 17.0 Å². The van der Waals surface area contributed by atoms with Gasteiger partial charge in [0, 0.05) is 57.2 Å². The fourth-order valence-corrected chi connectivity index (χ4v) is 6.65. The van der Waals surface area contributed by atoms with Crippen LogP contribution in [0.1, 0.15) is 5.56 Å². The third-order valence-electron chi connectivity index (χ3n) is 6.69. The fourth-order valence-electron chi connectivity index (χ4n) is 5.01. The lowest BCUT2D eigenvalue weighted by Gasteiger charge is -2.38. The van der Waals surface area contributed by atoms with Crippen LogP contribution in [0, 0.1) is 0 Å². The van der Waals surface area contributed by atoms with Crippen LogP contribution >= 0.6 is 24.8 Å². The van der Waals surface area contributed by atoms with Crippen molar-refractivity contribution < 1.29 is 13.5 Å². The lowest BCUT2D eigenvalue weighted by Crippen LogP contribution is -2.54. The number of hydrogen-bond acceptors (Lipinski definition) is 5. The molecule has 0 aromatic heterocycles. The van der Waals surface area contributed by atoms with Crippen molar-refractivity contribution in [3.05, 3.63) is 78.4 Å². The average molecular weight is 525 g/mol. The van der Waals surface area contributed by atoms with Crippen LogP contribution in [0.25, 0.3) is 10.8 Å². The molecule has 5 rings (SSSR count). The smallest absolute Gasteiger partial charge is 0.243 e. The SMILES string of the molecule is Cl.Cl.O=S(=O)(c1cccc2ccccc12)N1CCN(C2CN(Cc3ccccc3)CC2O)CC1. The van der Waals surface area contributed by atoms with E-state index in [-0.39, 0.29) is 30.9 Å². The van der Waals surface area contributed by atoms with E-state index in [1.54, 1.807) is 10.4 Å². The van der Waals surface area contributed by atoms with Gasteiger partial charge in [0.1, 0.15) is 0 Å². The maximum Gasteiger partial charge on any atom is 0.243 e. The Kier molecular flexibility index (Phi) is 8.98. The number of benzene rings is 3. The molecule has 9 heteroatoms. The predicted molar refractivity (Wildman–Crippen MR) is 140 cm³/mol. The van der Waals surface area contributed by atoms with Gasteiger partial charge >= 0.3 is 0 Å². The summed E-state index contributed by atoms with van der Waals surface area (Å²) in [5.41, 5.74) is 1.24. The number of nitrogens with zero attached hydrogens (tertiary/aromatic N) is 3. The van der Waals surface area contributed by atoms with Crippen molar-refractivity contribution in [3.63, 3.8) is 0 Å². The van der Waals surface area contributed by atoms with E-state index >= 15 is 0 Å². The molecule has 0 amide bonds. The van der Waals surface area contributed by atoms with Gasteiger partial charge in [0.2, 0.25) is 10.0 Å². The molecule has 2 aliphatic rings. The first kappa shape index (κ1) is 26.9. The molecule has 0 saturated carbocycles. The number of sulfonamides is 1. The molecule has 6 nitrogen and oxygen atoms in total. The van der Waals surface area contributed by atoms with E-state index in [9.17, 15) is 13.5 Å². The molecule has 34 heavy (non-hydrogen) atoms. The minimum Gasteiger partial charge on any atom is -0.390 e. The highest BCUT2D eigenvalue weighted by molar-refractivity contribution is 7.89. The zero-order valence-corrected chi connectivity index (χ0v) is 21.3. The van der Waals surface area contributed by atoms with E-state index in [4.69, 9.17) is 0 Å². The minimum absolute atomic E-state index is 0. The molecule has 1 N–H and O–H groups in total. The van der Waals surface area contributed by atoms with Crippen LogP contribution in [-0.4, -0.2) is 79.0 Å². The van der Waals surface area contributed by atoms with Crippen molar-refractivity contribution in [2.24, 2.45) is 0 Å². The number of piperazine rings is 1. The summed E-state index contributed by atoms with van der Waals surface area (Å²) in [6, 6.07) is 23.4. The molecule has 3 aromatic carbocycles. The Balaban J connectivity index is 0.00000162. The zero-order chi connectivity index (χ0) is 22.1. The highest BCUT2D eigenvalue weighted by Gasteiger charge is 2.38. The topological polar surface area (TPSA) is 64.1 Å². The number of β-amino-alcohol motifs (C(OH)–C–C–N with tert-alkyl or cyclic N) is 1. The molecule has 2 atom stereocenters. The van der Waals surface area contributed by atoms with Gasteiger partial charge in [0.25, 0.3) is 0 Å². The van der Waals surface area contributed by atoms with Crippen LogP contribution in [0.15, 0.2) is 77.7 Å². The molecule has 3 aromatic rings. The van der Waals surface area contributed by atoms with Gasteiger partial charge in [-0.1, -0.05) is 66.7 Å². The predicted octanol–water partition coefficient (Wildman–Crippen LogP) is 3.24. The molecular weight excluding hydrogens is 493 g/mol. The summed E-state index contributed by atoms with van der Waals surface area (Å²) in [5.74, 6) is 0. The highest BCUT2D eigenvalue weighted by atomic mass is 35.5. The van der Waals surface area contributed by atoms with E-state index in [1.807, 2.05) is 54.6 Å². The number of fused-ring (bicyclic) bond motifs is 1. The van der Waals surface area contributed by atoms with E-state index < -0.39 is 16.1 Å². The first-order valence-electron chi connectivity index (χ1n) is 11.2. The molecule has 0 bridgehead atoms. The van der Waals surface area contributed by atoms with Crippen LogP contribution in [-0.2, 0) is 16.6 Å². The Morgan fingerprint density at radius 2 is 1.44 bits per heavy atom. The summed E-state index contributed by atoms with van der Waals surface area (Å²) in [6.45, 7) is 4.40. The molecule has 0 radical (unpaired) electrons. The summed E-state index contributed by atoms with van der Waals surface area (Å²) in [5, 5.41) is 12.4. The summed E-state index contributed by atoms with van der Waals surface area (Å²) in [6.07, 6.45) is -0.417.